The van der Waals surface area contributed by atoms with Crippen LogP contribution in [0.2, 0.25) is 0 Å². The van der Waals surface area contributed by atoms with Gasteiger partial charge in [0.15, 0.2) is 0 Å². The molecule has 3 heteroatoms. The van der Waals surface area contributed by atoms with Gasteiger partial charge in [-0.3, -0.25) is 4.84 Å². The molecule has 0 aliphatic rings. The summed E-state index contributed by atoms with van der Waals surface area (Å²) in [7, 11) is 1.60. The monoisotopic (exact) mass is 404 g/mol. The van der Waals surface area contributed by atoms with Crippen LogP contribution in [0.25, 0.3) is 11.6 Å². The van der Waals surface area contributed by atoms with E-state index in [4.69, 9.17) is 4.84 Å². The van der Waals surface area contributed by atoms with E-state index in [1.165, 1.54) is 21.9 Å². The molecule has 0 unspecified atom stereocenters. The van der Waals surface area contributed by atoms with Gasteiger partial charge in [0.1, 0.15) is 0 Å². The summed E-state index contributed by atoms with van der Waals surface area (Å²) in [5, 5.41) is 5.94. The van der Waals surface area contributed by atoms with Gasteiger partial charge in [0.25, 0.3) is 0 Å². The Morgan fingerprint density at radius 3 is 1.65 bits per heavy atom. The van der Waals surface area contributed by atoms with Crippen molar-refractivity contribution in [2.24, 2.45) is 5.10 Å². The summed E-state index contributed by atoms with van der Waals surface area (Å²) >= 11 is 0. The first-order chi connectivity index (χ1) is 15.3. The van der Waals surface area contributed by atoms with Crippen LogP contribution in [0.3, 0.4) is 0 Å². The molecule has 0 amide bonds. The molecule has 4 aromatic rings. The molecular weight excluding hydrogens is 380 g/mol. The zero-order valence-corrected chi connectivity index (χ0v) is 17.4. The third-order valence-corrected chi connectivity index (χ3v) is 4.88. The van der Waals surface area contributed by atoms with Crippen molar-refractivity contribution in [1.29, 1.82) is 0 Å². The molecule has 4 aromatic carbocycles. The van der Waals surface area contributed by atoms with E-state index in [0.717, 1.165) is 16.8 Å². The molecule has 0 saturated carbocycles. The quantitative estimate of drug-likeness (QED) is 0.195. The first-order valence-corrected chi connectivity index (χ1v) is 10.2. The van der Waals surface area contributed by atoms with Crippen molar-refractivity contribution in [1.82, 2.24) is 0 Å². The maximum Gasteiger partial charge on any atom is 0.0901 e. The number of rotatable bonds is 7. The van der Waals surface area contributed by atoms with Crippen molar-refractivity contribution in [3.63, 3.8) is 0 Å². The normalized spacial score (nSPS) is 10.7. The molecule has 152 valence electrons. The van der Waals surface area contributed by atoms with Crippen molar-refractivity contribution < 1.29 is 4.84 Å². The predicted molar refractivity (Wildman–Crippen MR) is 130 cm³/mol. The number of hydrogen-bond acceptors (Lipinski definition) is 3. The van der Waals surface area contributed by atoms with Crippen LogP contribution >= 0.6 is 0 Å². The molecule has 31 heavy (non-hydrogen) atoms. The number of anilines is 1. The van der Waals surface area contributed by atoms with Gasteiger partial charge >= 0.3 is 0 Å². The van der Waals surface area contributed by atoms with Crippen molar-refractivity contribution >= 4 is 23.6 Å². The summed E-state index contributed by atoms with van der Waals surface area (Å²) < 4.78 is 0. The zero-order valence-electron chi connectivity index (χ0n) is 17.4. The van der Waals surface area contributed by atoms with E-state index >= 15 is 0 Å². The predicted octanol–water partition coefficient (Wildman–Crippen LogP) is 6.68. The van der Waals surface area contributed by atoms with Gasteiger partial charge in [0.05, 0.1) is 19.0 Å². The lowest BCUT2D eigenvalue weighted by atomic mass is 9.95. The SMILES string of the molecule is CON(N=Cc1ccc(C=C(c2ccccc2)c2ccccc2)cc1)c1ccccc1. The number of hydrazone groups is 1. The summed E-state index contributed by atoms with van der Waals surface area (Å²) in [5.74, 6) is 0. The van der Waals surface area contributed by atoms with Crippen LogP contribution in [-0.4, -0.2) is 13.3 Å². The highest BCUT2D eigenvalue weighted by Crippen LogP contribution is 2.26. The first-order valence-electron chi connectivity index (χ1n) is 10.2. The molecule has 0 spiro atoms. The fourth-order valence-corrected chi connectivity index (χ4v) is 3.31. The fourth-order valence-electron chi connectivity index (χ4n) is 3.31. The van der Waals surface area contributed by atoms with Crippen molar-refractivity contribution in [3.05, 3.63) is 138 Å². The maximum atomic E-state index is 5.36. The zero-order chi connectivity index (χ0) is 21.3. The molecule has 0 aromatic heterocycles. The molecule has 0 atom stereocenters. The van der Waals surface area contributed by atoms with Crippen molar-refractivity contribution in [3.8, 4) is 0 Å². The van der Waals surface area contributed by atoms with Gasteiger partial charge in [0, 0.05) is 0 Å². The number of benzene rings is 4. The topological polar surface area (TPSA) is 24.8 Å². The molecule has 0 aliphatic carbocycles. The largest absolute Gasteiger partial charge is 0.255 e. The average Bonchev–Trinajstić information content (AvgIpc) is 2.85. The lowest BCUT2D eigenvalue weighted by molar-refractivity contribution is 0.170. The first kappa shape index (κ1) is 20.3. The Morgan fingerprint density at radius 1 is 0.645 bits per heavy atom. The van der Waals surface area contributed by atoms with Crippen LogP contribution in [-0.2, 0) is 4.84 Å². The van der Waals surface area contributed by atoms with Gasteiger partial charge in [-0.25, -0.2) is 0 Å². The Hall–Kier alpha value is -3.95. The number of hydrogen-bond donors (Lipinski definition) is 0. The van der Waals surface area contributed by atoms with Crippen LogP contribution in [0.4, 0.5) is 5.69 Å². The third kappa shape index (κ3) is 5.35. The minimum absolute atomic E-state index is 0.871. The van der Waals surface area contributed by atoms with E-state index in [9.17, 15) is 0 Å². The Kier molecular flexibility index (Phi) is 6.68. The summed E-state index contributed by atoms with van der Waals surface area (Å²) in [5.41, 5.74) is 6.58. The van der Waals surface area contributed by atoms with Gasteiger partial charge in [-0.15, -0.1) is 5.17 Å². The Labute approximate surface area is 183 Å². The maximum absolute atomic E-state index is 5.36. The van der Waals surface area contributed by atoms with E-state index in [2.05, 4.69) is 84.0 Å². The molecule has 4 rings (SSSR count). The molecule has 0 saturated heterocycles. The summed E-state index contributed by atoms with van der Waals surface area (Å²) in [6.07, 6.45) is 4.01. The van der Waals surface area contributed by atoms with Gasteiger partial charge in [-0.1, -0.05) is 103 Å². The van der Waals surface area contributed by atoms with E-state index in [1.54, 1.807) is 13.3 Å². The second kappa shape index (κ2) is 10.2. The second-order valence-electron chi connectivity index (χ2n) is 6.99. The molecule has 0 aliphatic heterocycles. The van der Waals surface area contributed by atoms with Crippen LogP contribution in [0.15, 0.2) is 120 Å². The minimum atomic E-state index is 0.871. The van der Waals surface area contributed by atoms with Crippen LogP contribution < -0.4 is 5.17 Å². The number of nitrogens with zero attached hydrogens (tertiary/aromatic N) is 2. The minimum Gasteiger partial charge on any atom is -0.255 e. The smallest absolute Gasteiger partial charge is 0.0901 e. The third-order valence-electron chi connectivity index (χ3n) is 4.88. The highest BCUT2D eigenvalue weighted by molar-refractivity contribution is 5.91. The molecule has 0 N–H and O–H groups in total. The van der Waals surface area contributed by atoms with Crippen molar-refractivity contribution in [2.75, 3.05) is 12.3 Å². The molecule has 0 fully saturated rings. The molecule has 3 nitrogen and oxygen atoms in total. The number of para-hydroxylation sites is 1. The van der Waals surface area contributed by atoms with Gasteiger partial charge in [-0.2, -0.15) is 5.10 Å². The molecule has 0 heterocycles. The van der Waals surface area contributed by atoms with E-state index in [1.807, 2.05) is 42.5 Å². The van der Waals surface area contributed by atoms with Gasteiger partial charge in [0.2, 0.25) is 0 Å². The standard InChI is InChI=1S/C28H24N2O/c1-31-30(27-15-9-4-10-16-27)29-22-24-19-17-23(18-20-24)21-28(25-11-5-2-6-12-25)26-13-7-3-8-14-26/h2-22H,1H3. The highest BCUT2D eigenvalue weighted by atomic mass is 16.7. The Morgan fingerprint density at radius 2 is 1.13 bits per heavy atom. The summed E-state index contributed by atoms with van der Waals surface area (Å²) in [6, 6.07) is 39.0. The average molecular weight is 405 g/mol. The highest BCUT2D eigenvalue weighted by Gasteiger charge is 2.05. The lowest BCUT2D eigenvalue weighted by Gasteiger charge is -2.14. The fraction of sp³-hybridized carbons (Fsp3) is 0.0357. The molecule has 0 radical (unpaired) electrons. The van der Waals surface area contributed by atoms with Crippen molar-refractivity contribution in [2.45, 2.75) is 0 Å². The lowest BCUT2D eigenvalue weighted by Crippen LogP contribution is -2.14. The van der Waals surface area contributed by atoms with E-state index in [-0.39, 0.29) is 0 Å². The Bertz CT molecular complexity index is 1090. The summed E-state index contributed by atoms with van der Waals surface area (Å²) in [6.45, 7) is 0. The van der Waals surface area contributed by atoms with E-state index < -0.39 is 0 Å². The van der Waals surface area contributed by atoms with E-state index in [0.29, 0.717) is 0 Å². The van der Waals surface area contributed by atoms with Crippen LogP contribution in [0.5, 0.6) is 0 Å². The Balaban J connectivity index is 1.58. The van der Waals surface area contributed by atoms with Crippen LogP contribution in [0.1, 0.15) is 22.3 Å². The molecule has 0 bridgehead atoms. The molecular formula is C28H24N2O. The second-order valence-corrected chi connectivity index (χ2v) is 6.99. The summed E-state index contributed by atoms with van der Waals surface area (Å²) in [4.78, 5) is 5.36. The van der Waals surface area contributed by atoms with Gasteiger partial charge in [-0.05, 0) is 46.0 Å². The van der Waals surface area contributed by atoms with Crippen LogP contribution in [0, 0.1) is 0 Å². The van der Waals surface area contributed by atoms with Gasteiger partial charge < -0.3 is 0 Å².